The highest BCUT2D eigenvalue weighted by atomic mass is 32.2. The van der Waals surface area contributed by atoms with Crippen molar-refractivity contribution in [3.63, 3.8) is 0 Å². The first-order chi connectivity index (χ1) is 6.42. The van der Waals surface area contributed by atoms with Gasteiger partial charge >= 0.3 is 0 Å². The second kappa shape index (κ2) is 4.16. The summed E-state index contributed by atoms with van der Waals surface area (Å²) in [5.41, 5.74) is 3.03. The lowest BCUT2D eigenvalue weighted by Crippen LogP contribution is -2.31. The molecule has 0 bridgehead atoms. The van der Waals surface area contributed by atoms with Crippen molar-refractivity contribution in [3.8, 4) is 0 Å². The van der Waals surface area contributed by atoms with Crippen molar-refractivity contribution in [2.24, 2.45) is 0 Å². The number of hydrogen-bond acceptors (Lipinski definition) is 2. The van der Waals surface area contributed by atoms with Crippen LogP contribution in [0.2, 0.25) is 0 Å². The summed E-state index contributed by atoms with van der Waals surface area (Å²) in [6.45, 7) is 1.13. The molecular formula is C11H15NS. The van der Waals surface area contributed by atoms with Gasteiger partial charge in [0.15, 0.2) is 0 Å². The molecule has 1 heterocycles. The molecule has 2 rings (SSSR count). The van der Waals surface area contributed by atoms with Crippen LogP contribution in [-0.2, 0) is 6.42 Å². The van der Waals surface area contributed by atoms with Crippen LogP contribution in [0.5, 0.6) is 0 Å². The molecular weight excluding hydrogens is 178 g/mol. The Balaban J connectivity index is 2.26. The monoisotopic (exact) mass is 193 g/mol. The molecule has 0 radical (unpaired) electrons. The largest absolute Gasteiger partial charge is 0.309 e. The topological polar surface area (TPSA) is 12.0 Å². The van der Waals surface area contributed by atoms with Gasteiger partial charge in [-0.3, -0.25) is 0 Å². The van der Waals surface area contributed by atoms with Crippen molar-refractivity contribution in [1.29, 1.82) is 0 Å². The highest BCUT2D eigenvalue weighted by molar-refractivity contribution is 7.98. The van der Waals surface area contributed by atoms with Crippen molar-refractivity contribution < 1.29 is 0 Å². The van der Waals surface area contributed by atoms with E-state index in [9.17, 15) is 0 Å². The van der Waals surface area contributed by atoms with Gasteiger partial charge in [0.1, 0.15) is 0 Å². The second-order valence-electron chi connectivity index (χ2n) is 3.41. The summed E-state index contributed by atoms with van der Waals surface area (Å²) in [6, 6.07) is 9.35. The fourth-order valence-electron chi connectivity index (χ4n) is 1.91. The Morgan fingerprint density at radius 2 is 2.31 bits per heavy atom. The van der Waals surface area contributed by atoms with Crippen molar-refractivity contribution in [2.45, 2.75) is 12.5 Å². The zero-order valence-electron chi connectivity index (χ0n) is 7.92. The summed E-state index contributed by atoms with van der Waals surface area (Å²) in [4.78, 5) is 0. The molecule has 1 N–H and O–H groups in total. The molecule has 1 aromatic carbocycles. The fourth-order valence-corrected chi connectivity index (χ4v) is 2.54. The molecule has 1 unspecified atom stereocenters. The first kappa shape index (κ1) is 9.10. The Hall–Kier alpha value is -0.470. The molecule has 1 aliphatic heterocycles. The Bertz CT molecular complexity index is 285. The maximum atomic E-state index is 3.56. The molecule has 0 fully saturated rings. The van der Waals surface area contributed by atoms with Gasteiger partial charge in [-0.05, 0) is 30.3 Å². The molecule has 1 aromatic rings. The van der Waals surface area contributed by atoms with Crippen molar-refractivity contribution in [2.75, 3.05) is 18.6 Å². The molecule has 0 aliphatic carbocycles. The maximum absolute atomic E-state index is 3.56. The van der Waals surface area contributed by atoms with Crippen molar-refractivity contribution >= 4 is 11.8 Å². The lowest BCUT2D eigenvalue weighted by Gasteiger charge is -2.26. The summed E-state index contributed by atoms with van der Waals surface area (Å²) in [5.74, 6) is 1.18. The minimum absolute atomic E-state index is 0.569. The standard InChI is InChI=1S/C11H15NS/c1-13-8-11-10-5-3-2-4-9(10)6-7-12-11/h2-5,11-12H,6-8H2,1H3. The lowest BCUT2D eigenvalue weighted by molar-refractivity contribution is 0.548. The molecule has 1 nitrogen and oxygen atoms in total. The van der Waals surface area contributed by atoms with Crippen LogP contribution in [0.1, 0.15) is 17.2 Å². The van der Waals surface area contributed by atoms with Gasteiger partial charge in [-0.25, -0.2) is 0 Å². The van der Waals surface area contributed by atoms with E-state index in [1.807, 2.05) is 11.8 Å². The Kier molecular flexibility index (Phi) is 2.91. The van der Waals surface area contributed by atoms with E-state index in [1.165, 1.54) is 23.3 Å². The summed E-state index contributed by atoms with van der Waals surface area (Å²) in [5, 5.41) is 3.56. The average Bonchev–Trinajstić information content (AvgIpc) is 2.19. The maximum Gasteiger partial charge on any atom is 0.0414 e. The number of thioether (sulfide) groups is 1. The molecule has 0 saturated heterocycles. The van der Waals surface area contributed by atoms with Gasteiger partial charge in [0.05, 0.1) is 0 Å². The van der Waals surface area contributed by atoms with E-state index in [1.54, 1.807) is 0 Å². The van der Waals surface area contributed by atoms with Gasteiger partial charge < -0.3 is 5.32 Å². The first-order valence-corrected chi connectivity index (χ1v) is 6.11. The average molecular weight is 193 g/mol. The predicted molar refractivity (Wildman–Crippen MR) is 59.3 cm³/mol. The minimum atomic E-state index is 0.569. The van der Waals surface area contributed by atoms with E-state index in [0.717, 1.165) is 6.54 Å². The van der Waals surface area contributed by atoms with Gasteiger partial charge in [0.25, 0.3) is 0 Å². The van der Waals surface area contributed by atoms with E-state index < -0.39 is 0 Å². The first-order valence-electron chi connectivity index (χ1n) is 4.72. The van der Waals surface area contributed by atoms with E-state index in [0.29, 0.717) is 6.04 Å². The van der Waals surface area contributed by atoms with Crippen LogP contribution in [0.3, 0.4) is 0 Å². The molecule has 0 amide bonds. The van der Waals surface area contributed by atoms with Gasteiger partial charge in [0, 0.05) is 11.8 Å². The van der Waals surface area contributed by atoms with Gasteiger partial charge in [-0.1, -0.05) is 24.3 Å². The Morgan fingerprint density at radius 3 is 3.15 bits per heavy atom. The number of fused-ring (bicyclic) bond motifs is 1. The summed E-state index contributed by atoms with van der Waals surface area (Å²) < 4.78 is 0. The quantitative estimate of drug-likeness (QED) is 0.773. The fraction of sp³-hybridized carbons (Fsp3) is 0.455. The molecule has 1 atom stereocenters. The molecule has 13 heavy (non-hydrogen) atoms. The SMILES string of the molecule is CSCC1NCCc2ccccc21. The second-order valence-corrected chi connectivity index (χ2v) is 4.32. The third kappa shape index (κ3) is 1.89. The number of nitrogens with one attached hydrogen (secondary N) is 1. The van der Waals surface area contributed by atoms with E-state index in [2.05, 4.69) is 35.8 Å². The van der Waals surface area contributed by atoms with Crippen LogP contribution in [0.25, 0.3) is 0 Å². The van der Waals surface area contributed by atoms with Crippen LogP contribution < -0.4 is 5.32 Å². The normalized spacial score (nSPS) is 21.2. The third-order valence-corrected chi connectivity index (χ3v) is 3.22. The van der Waals surface area contributed by atoms with E-state index in [-0.39, 0.29) is 0 Å². The summed E-state index contributed by atoms with van der Waals surface area (Å²) in [7, 11) is 0. The summed E-state index contributed by atoms with van der Waals surface area (Å²) in [6.07, 6.45) is 3.35. The molecule has 0 aromatic heterocycles. The van der Waals surface area contributed by atoms with Crippen LogP contribution in [-0.4, -0.2) is 18.6 Å². The highest BCUT2D eigenvalue weighted by Crippen LogP contribution is 2.24. The van der Waals surface area contributed by atoms with Crippen LogP contribution in [0.15, 0.2) is 24.3 Å². The van der Waals surface area contributed by atoms with Gasteiger partial charge in [-0.2, -0.15) is 11.8 Å². The van der Waals surface area contributed by atoms with Crippen molar-refractivity contribution in [3.05, 3.63) is 35.4 Å². The van der Waals surface area contributed by atoms with Crippen molar-refractivity contribution in [1.82, 2.24) is 5.32 Å². The van der Waals surface area contributed by atoms with Crippen LogP contribution >= 0.6 is 11.8 Å². The van der Waals surface area contributed by atoms with Gasteiger partial charge in [-0.15, -0.1) is 0 Å². The lowest BCUT2D eigenvalue weighted by atomic mass is 9.95. The summed E-state index contributed by atoms with van der Waals surface area (Å²) >= 11 is 1.91. The Morgan fingerprint density at radius 1 is 1.46 bits per heavy atom. The zero-order chi connectivity index (χ0) is 9.10. The smallest absolute Gasteiger partial charge is 0.0414 e. The molecule has 2 heteroatoms. The Labute approximate surface area is 83.9 Å². The number of rotatable bonds is 2. The predicted octanol–water partition coefficient (Wildman–Crippen LogP) is 2.24. The molecule has 0 saturated carbocycles. The zero-order valence-corrected chi connectivity index (χ0v) is 8.73. The molecule has 70 valence electrons. The van der Waals surface area contributed by atoms with Crippen LogP contribution in [0.4, 0.5) is 0 Å². The molecule has 1 aliphatic rings. The number of hydrogen-bond donors (Lipinski definition) is 1. The molecule has 0 spiro atoms. The number of benzene rings is 1. The van der Waals surface area contributed by atoms with E-state index >= 15 is 0 Å². The van der Waals surface area contributed by atoms with E-state index in [4.69, 9.17) is 0 Å². The third-order valence-electron chi connectivity index (χ3n) is 2.55. The van der Waals surface area contributed by atoms with Gasteiger partial charge in [0.2, 0.25) is 0 Å². The minimum Gasteiger partial charge on any atom is -0.309 e. The highest BCUT2D eigenvalue weighted by Gasteiger charge is 2.17. The van der Waals surface area contributed by atoms with Crippen LogP contribution in [0, 0.1) is 0 Å².